The van der Waals surface area contributed by atoms with Gasteiger partial charge in [0.05, 0.1) is 5.38 Å². The highest BCUT2D eigenvalue weighted by Crippen LogP contribution is 2.41. The van der Waals surface area contributed by atoms with E-state index < -0.39 is 0 Å². The maximum atomic E-state index is 6.24. The van der Waals surface area contributed by atoms with Crippen LogP contribution in [0.4, 0.5) is 0 Å². The Morgan fingerprint density at radius 1 is 1.12 bits per heavy atom. The minimum Gasteiger partial charge on any atom is -0.412 e. The third kappa shape index (κ3) is 9.98. The fourth-order valence-electron chi connectivity index (χ4n) is 4.95. The van der Waals surface area contributed by atoms with Crippen LogP contribution in [0.25, 0.3) is 0 Å². The van der Waals surface area contributed by atoms with Gasteiger partial charge >= 0.3 is 0 Å². The van der Waals surface area contributed by atoms with E-state index in [4.69, 9.17) is 23.2 Å². The van der Waals surface area contributed by atoms with Crippen LogP contribution >= 0.6 is 23.2 Å². The van der Waals surface area contributed by atoms with Crippen molar-refractivity contribution in [2.24, 2.45) is 17.3 Å². The molecule has 1 fully saturated rings. The zero-order valence-electron chi connectivity index (χ0n) is 20.5. The van der Waals surface area contributed by atoms with E-state index in [1.54, 1.807) is 0 Å². The number of benzene rings is 1. The molecule has 2 aliphatic rings. The Labute approximate surface area is 217 Å². The lowest BCUT2D eigenvalue weighted by atomic mass is 9.69. The maximum Gasteiger partial charge on any atom is 0.0553 e. The van der Waals surface area contributed by atoms with Crippen molar-refractivity contribution in [3.05, 3.63) is 58.7 Å². The molecule has 3 atom stereocenters. The summed E-state index contributed by atoms with van der Waals surface area (Å²) in [7, 11) is 0. The number of rotatable bonds is 8. The number of halogens is 2. The van der Waals surface area contributed by atoms with Crippen LogP contribution in [0.15, 0.2) is 48.1 Å². The standard InChI is InChI=1S/C26H38Cl2N2.CH4.3H2O/c1-19(2)25(29-15-13-20-5-9-22(27)10-6-20)17-30-16-14-24(26(3,4)18-30)21-7-11-23(28)12-8-21;;;;/h5-11,19,23-25,29H,12-18H2,1-4H3;1H4;3*1H2/t23?,24-,25+;;;;/m1..../s1. The van der Waals surface area contributed by atoms with Crippen molar-refractivity contribution in [3.63, 3.8) is 0 Å². The van der Waals surface area contributed by atoms with Crippen molar-refractivity contribution in [1.82, 2.24) is 10.2 Å². The van der Waals surface area contributed by atoms with E-state index in [1.807, 2.05) is 12.1 Å². The number of hydrogen-bond acceptors (Lipinski definition) is 2. The molecule has 0 bridgehead atoms. The molecule has 7 N–H and O–H groups in total. The predicted octanol–water partition coefficient (Wildman–Crippen LogP) is 4.50. The molecule has 0 saturated carbocycles. The van der Waals surface area contributed by atoms with Crippen molar-refractivity contribution >= 4 is 23.2 Å². The zero-order chi connectivity index (χ0) is 21.7. The second-order valence-corrected chi connectivity index (χ2v) is 11.1. The molecule has 1 aromatic rings. The first kappa shape index (κ1) is 35.2. The van der Waals surface area contributed by atoms with Gasteiger partial charge in [-0.2, -0.15) is 0 Å². The average molecular weight is 520 g/mol. The van der Waals surface area contributed by atoms with Crippen LogP contribution in [0, 0.1) is 17.3 Å². The Bertz CT molecular complexity index is 751. The number of nitrogens with one attached hydrogen (secondary N) is 1. The first-order valence-corrected chi connectivity index (χ1v) is 12.3. The molecule has 34 heavy (non-hydrogen) atoms. The number of alkyl halides is 1. The average Bonchev–Trinajstić information content (AvgIpc) is 2.69. The van der Waals surface area contributed by atoms with Crippen molar-refractivity contribution in [2.75, 3.05) is 26.2 Å². The summed E-state index contributed by atoms with van der Waals surface area (Å²) >= 11 is 12.2. The molecular weight excluding hydrogens is 471 g/mol. The summed E-state index contributed by atoms with van der Waals surface area (Å²) in [6.07, 6.45) is 10.0. The molecule has 5 nitrogen and oxygen atoms in total. The lowest BCUT2D eigenvalue weighted by Crippen LogP contribution is -2.52. The maximum absolute atomic E-state index is 6.24. The van der Waals surface area contributed by atoms with Crippen LogP contribution in [0.5, 0.6) is 0 Å². The molecule has 0 aromatic heterocycles. The third-order valence-electron chi connectivity index (χ3n) is 6.78. The van der Waals surface area contributed by atoms with Gasteiger partial charge in [-0.05, 0) is 72.9 Å². The molecule has 0 spiro atoms. The smallest absolute Gasteiger partial charge is 0.0553 e. The summed E-state index contributed by atoms with van der Waals surface area (Å²) in [4.78, 5) is 2.67. The summed E-state index contributed by atoms with van der Waals surface area (Å²) in [5.41, 5.74) is 3.11. The van der Waals surface area contributed by atoms with E-state index in [9.17, 15) is 0 Å². The molecule has 1 unspecified atom stereocenters. The molecule has 7 heteroatoms. The highest BCUT2D eigenvalue weighted by molar-refractivity contribution is 6.30. The highest BCUT2D eigenvalue weighted by Gasteiger charge is 2.38. The van der Waals surface area contributed by atoms with Crippen LogP contribution < -0.4 is 5.32 Å². The third-order valence-corrected chi connectivity index (χ3v) is 7.36. The van der Waals surface area contributed by atoms with Gasteiger partial charge in [0.25, 0.3) is 0 Å². The van der Waals surface area contributed by atoms with Crippen molar-refractivity contribution < 1.29 is 16.4 Å². The summed E-state index contributed by atoms with van der Waals surface area (Å²) in [5, 5.41) is 4.80. The summed E-state index contributed by atoms with van der Waals surface area (Å²) in [6.45, 7) is 14.0. The Morgan fingerprint density at radius 2 is 1.76 bits per heavy atom. The molecule has 1 saturated heterocycles. The van der Waals surface area contributed by atoms with Crippen molar-refractivity contribution in [2.45, 2.75) is 65.8 Å². The molecule has 0 amide bonds. The molecule has 1 aliphatic carbocycles. The van der Waals surface area contributed by atoms with E-state index in [2.05, 4.69) is 68.3 Å². The normalized spacial score (nSPS) is 22.4. The van der Waals surface area contributed by atoms with E-state index in [0.717, 1.165) is 37.5 Å². The second kappa shape index (κ2) is 15.9. The predicted molar refractivity (Wildman–Crippen MR) is 149 cm³/mol. The van der Waals surface area contributed by atoms with Gasteiger partial charge < -0.3 is 26.6 Å². The number of allylic oxidation sites excluding steroid dienone is 4. The molecule has 3 rings (SSSR count). The molecule has 1 aromatic carbocycles. The molecule has 1 aliphatic heterocycles. The van der Waals surface area contributed by atoms with Crippen LogP contribution in [-0.4, -0.2) is 58.9 Å². The minimum atomic E-state index is 0. The number of nitrogens with zero attached hydrogens (tertiary/aromatic N) is 1. The molecule has 1 heterocycles. The van der Waals surface area contributed by atoms with Gasteiger partial charge in [-0.15, -0.1) is 11.6 Å². The lowest BCUT2D eigenvalue weighted by Gasteiger charge is -2.46. The second-order valence-electron chi connectivity index (χ2n) is 10.1. The van der Waals surface area contributed by atoms with Gasteiger partial charge in [0.1, 0.15) is 0 Å². The van der Waals surface area contributed by atoms with Gasteiger partial charge in [0, 0.05) is 24.2 Å². The Kier molecular flexibility index (Phi) is 16.5. The van der Waals surface area contributed by atoms with Gasteiger partial charge in [0.15, 0.2) is 0 Å². The lowest BCUT2D eigenvalue weighted by molar-refractivity contribution is 0.0633. The first-order chi connectivity index (χ1) is 14.2. The fourth-order valence-corrected chi connectivity index (χ4v) is 5.24. The van der Waals surface area contributed by atoms with E-state index >= 15 is 0 Å². The summed E-state index contributed by atoms with van der Waals surface area (Å²) in [5.74, 6) is 1.24. The number of piperidine rings is 1. The Balaban J connectivity index is 0. The topological polar surface area (TPSA) is 110 Å². The van der Waals surface area contributed by atoms with Crippen molar-refractivity contribution in [3.8, 4) is 0 Å². The van der Waals surface area contributed by atoms with E-state index in [1.165, 1.54) is 24.1 Å². The minimum absolute atomic E-state index is 0. The van der Waals surface area contributed by atoms with E-state index in [-0.39, 0.29) is 34.6 Å². The molecule has 198 valence electrons. The summed E-state index contributed by atoms with van der Waals surface area (Å²) in [6, 6.07) is 8.72. The molecule has 0 radical (unpaired) electrons. The van der Waals surface area contributed by atoms with E-state index in [0.29, 0.717) is 17.9 Å². The zero-order valence-corrected chi connectivity index (χ0v) is 22.0. The number of hydrogen-bond donors (Lipinski definition) is 1. The van der Waals surface area contributed by atoms with Gasteiger partial charge in [-0.3, -0.25) is 0 Å². The van der Waals surface area contributed by atoms with Crippen LogP contribution in [0.3, 0.4) is 0 Å². The van der Waals surface area contributed by atoms with Gasteiger partial charge in [0.2, 0.25) is 0 Å². The van der Waals surface area contributed by atoms with Gasteiger partial charge in [-0.1, -0.05) is 77.1 Å². The van der Waals surface area contributed by atoms with Gasteiger partial charge in [-0.25, -0.2) is 0 Å². The largest absolute Gasteiger partial charge is 0.412 e. The van der Waals surface area contributed by atoms with Crippen LogP contribution in [0.2, 0.25) is 5.02 Å². The fraction of sp³-hybridized carbons (Fsp3) is 0.630. The Hall–Kier alpha value is -0.920. The monoisotopic (exact) mass is 518 g/mol. The first-order valence-electron chi connectivity index (χ1n) is 11.5. The SMILES string of the molecule is C.CC(C)[C@H](CN1CC[C@H](C2=CCC(Cl)C=C2)C(C)(C)C1)NCCc1ccc(Cl)cc1.O.O.O. The summed E-state index contributed by atoms with van der Waals surface area (Å²) < 4.78 is 0. The van der Waals surface area contributed by atoms with Crippen molar-refractivity contribution in [1.29, 1.82) is 0 Å². The Morgan fingerprint density at radius 3 is 2.29 bits per heavy atom. The van der Waals surface area contributed by atoms with Crippen LogP contribution in [0.1, 0.15) is 53.5 Å². The van der Waals surface area contributed by atoms with Crippen LogP contribution in [-0.2, 0) is 6.42 Å². The quantitative estimate of drug-likeness (QED) is 0.510. The number of likely N-dealkylation sites (tertiary alicyclic amines) is 1. The highest BCUT2D eigenvalue weighted by atomic mass is 35.5. The molecular formula is C27H48Cl2N2O3.